The van der Waals surface area contributed by atoms with Crippen LogP contribution in [0.5, 0.6) is 5.75 Å². The van der Waals surface area contributed by atoms with Gasteiger partial charge < -0.3 is 9.84 Å². The molecule has 0 saturated heterocycles. The molecule has 1 atom stereocenters. The Morgan fingerprint density at radius 3 is 2.80 bits per heavy atom. The molecule has 0 amide bonds. The van der Waals surface area contributed by atoms with Crippen LogP contribution in [-0.2, 0) is 0 Å². The van der Waals surface area contributed by atoms with Crippen LogP contribution in [0.1, 0.15) is 41.9 Å². The highest BCUT2D eigenvalue weighted by Crippen LogP contribution is 2.37. The standard InChI is InChI=1S/C20H20BrFO2S/c1-3-4-7-24-17-8-12(2)15(11-16(17)21)20(23)19-10-13-9-14(22)5-6-18(13)25-19/h5-6,8-11,20,23H,3-4,7H2,1-2H3. The van der Waals surface area contributed by atoms with Gasteiger partial charge in [-0.05, 0) is 82.2 Å². The molecule has 0 aliphatic carbocycles. The highest BCUT2D eigenvalue weighted by atomic mass is 79.9. The van der Waals surface area contributed by atoms with Crippen LogP contribution in [0.4, 0.5) is 4.39 Å². The second-order valence-corrected chi connectivity index (χ2v) is 8.04. The van der Waals surface area contributed by atoms with E-state index < -0.39 is 6.10 Å². The summed E-state index contributed by atoms with van der Waals surface area (Å²) in [6.45, 7) is 4.77. The van der Waals surface area contributed by atoms with Gasteiger partial charge in [-0.15, -0.1) is 11.3 Å². The molecule has 1 unspecified atom stereocenters. The zero-order chi connectivity index (χ0) is 18.0. The lowest BCUT2D eigenvalue weighted by molar-refractivity contribution is 0.223. The fourth-order valence-electron chi connectivity index (χ4n) is 2.72. The Labute approximate surface area is 159 Å². The first-order valence-corrected chi connectivity index (χ1v) is 9.90. The SMILES string of the molecule is CCCCOc1cc(C)c(C(O)c2cc3cc(F)ccc3s2)cc1Br. The van der Waals surface area contributed by atoms with Gasteiger partial charge in [0.25, 0.3) is 0 Å². The third kappa shape index (κ3) is 4.05. The number of aliphatic hydroxyl groups is 1. The van der Waals surface area contributed by atoms with Gasteiger partial charge in [0.1, 0.15) is 17.7 Å². The molecule has 3 aromatic rings. The second kappa shape index (κ2) is 7.85. The Balaban J connectivity index is 1.90. The lowest BCUT2D eigenvalue weighted by atomic mass is 10.0. The van der Waals surface area contributed by atoms with Gasteiger partial charge in [-0.25, -0.2) is 4.39 Å². The molecule has 1 N–H and O–H groups in total. The van der Waals surface area contributed by atoms with Crippen molar-refractivity contribution in [2.75, 3.05) is 6.61 Å². The molecule has 0 aliphatic rings. The third-order valence-electron chi connectivity index (χ3n) is 4.14. The first kappa shape index (κ1) is 18.4. The first-order chi connectivity index (χ1) is 12.0. The summed E-state index contributed by atoms with van der Waals surface area (Å²) in [5.74, 6) is 0.527. The van der Waals surface area contributed by atoms with Crippen molar-refractivity contribution in [2.24, 2.45) is 0 Å². The van der Waals surface area contributed by atoms with E-state index in [4.69, 9.17) is 4.74 Å². The molecule has 2 nitrogen and oxygen atoms in total. The first-order valence-electron chi connectivity index (χ1n) is 8.29. The number of ether oxygens (including phenoxy) is 1. The molecule has 0 fully saturated rings. The van der Waals surface area contributed by atoms with Crippen molar-refractivity contribution in [1.82, 2.24) is 0 Å². The van der Waals surface area contributed by atoms with Crippen molar-refractivity contribution in [2.45, 2.75) is 32.8 Å². The van der Waals surface area contributed by atoms with Gasteiger partial charge in [-0.1, -0.05) is 13.3 Å². The summed E-state index contributed by atoms with van der Waals surface area (Å²) >= 11 is 5.02. The average Bonchev–Trinajstić information content (AvgIpc) is 3.00. The summed E-state index contributed by atoms with van der Waals surface area (Å²) in [5.41, 5.74) is 1.78. The topological polar surface area (TPSA) is 29.5 Å². The summed E-state index contributed by atoms with van der Waals surface area (Å²) < 4.78 is 21.0. The van der Waals surface area contributed by atoms with Crippen LogP contribution in [0.15, 0.2) is 40.9 Å². The van der Waals surface area contributed by atoms with Gasteiger partial charge in [-0.3, -0.25) is 0 Å². The van der Waals surface area contributed by atoms with E-state index in [9.17, 15) is 9.50 Å². The molecule has 3 rings (SSSR count). The average molecular weight is 423 g/mol. The normalized spacial score (nSPS) is 12.5. The van der Waals surface area contributed by atoms with E-state index in [0.29, 0.717) is 6.61 Å². The van der Waals surface area contributed by atoms with Gasteiger partial charge >= 0.3 is 0 Å². The van der Waals surface area contributed by atoms with Crippen LogP contribution in [0, 0.1) is 12.7 Å². The number of fused-ring (bicyclic) bond motifs is 1. The smallest absolute Gasteiger partial charge is 0.133 e. The molecule has 132 valence electrons. The molecule has 25 heavy (non-hydrogen) atoms. The Morgan fingerprint density at radius 2 is 2.04 bits per heavy atom. The van der Waals surface area contributed by atoms with Crippen molar-refractivity contribution in [3.63, 3.8) is 0 Å². The molecule has 0 aliphatic heterocycles. The Hall–Kier alpha value is -1.43. The van der Waals surface area contributed by atoms with Gasteiger partial charge in [0.05, 0.1) is 11.1 Å². The number of unbranched alkanes of at least 4 members (excludes halogenated alkanes) is 1. The molecule has 0 spiro atoms. The van der Waals surface area contributed by atoms with E-state index in [-0.39, 0.29) is 5.82 Å². The fraction of sp³-hybridized carbons (Fsp3) is 0.300. The predicted octanol–water partition coefficient (Wildman–Crippen LogP) is 6.37. The molecule has 5 heteroatoms. The number of aliphatic hydroxyl groups excluding tert-OH is 1. The van der Waals surface area contributed by atoms with E-state index >= 15 is 0 Å². The number of halogens is 2. The summed E-state index contributed by atoms with van der Waals surface area (Å²) in [6, 6.07) is 10.4. The maximum absolute atomic E-state index is 13.4. The lowest BCUT2D eigenvalue weighted by Gasteiger charge is -2.16. The van der Waals surface area contributed by atoms with Crippen LogP contribution in [-0.4, -0.2) is 11.7 Å². The van der Waals surface area contributed by atoms with E-state index in [1.807, 2.05) is 25.1 Å². The van der Waals surface area contributed by atoms with Crippen LogP contribution >= 0.6 is 27.3 Å². The molecular weight excluding hydrogens is 403 g/mol. The molecule has 0 bridgehead atoms. The summed E-state index contributed by atoms with van der Waals surface area (Å²) in [5, 5.41) is 11.6. The van der Waals surface area contributed by atoms with Gasteiger partial charge in [-0.2, -0.15) is 0 Å². The third-order valence-corrected chi connectivity index (χ3v) is 5.93. The second-order valence-electron chi connectivity index (χ2n) is 6.07. The van der Waals surface area contributed by atoms with Crippen molar-refractivity contribution >= 4 is 37.4 Å². The van der Waals surface area contributed by atoms with Crippen molar-refractivity contribution in [3.05, 3.63) is 62.7 Å². The molecular formula is C20H20BrFO2S. The van der Waals surface area contributed by atoms with Crippen molar-refractivity contribution in [1.29, 1.82) is 0 Å². The number of benzene rings is 2. The largest absolute Gasteiger partial charge is 0.492 e. The Kier molecular flexibility index (Phi) is 5.77. The van der Waals surface area contributed by atoms with E-state index in [2.05, 4.69) is 22.9 Å². The van der Waals surface area contributed by atoms with Crippen LogP contribution in [0.25, 0.3) is 10.1 Å². The number of aryl methyl sites for hydroxylation is 1. The molecule has 0 saturated carbocycles. The monoisotopic (exact) mass is 422 g/mol. The maximum Gasteiger partial charge on any atom is 0.133 e. The van der Waals surface area contributed by atoms with Crippen LogP contribution < -0.4 is 4.74 Å². The zero-order valence-corrected chi connectivity index (χ0v) is 16.6. The van der Waals surface area contributed by atoms with Gasteiger partial charge in [0.2, 0.25) is 0 Å². The number of hydrogen-bond acceptors (Lipinski definition) is 3. The van der Waals surface area contributed by atoms with E-state index in [0.717, 1.165) is 49.2 Å². The summed E-state index contributed by atoms with van der Waals surface area (Å²) in [6.07, 6.45) is 1.34. The fourth-order valence-corrected chi connectivity index (χ4v) is 4.25. The number of thiophene rings is 1. The van der Waals surface area contributed by atoms with E-state index in [1.165, 1.54) is 23.5 Å². The van der Waals surface area contributed by atoms with Gasteiger partial charge in [0.15, 0.2) is 0 Å². The predicted molar refractivity (Wildman–Crippen MR) is 105 cm³/mol. The highest BCUT2D eigenvalue weighted by molar-refractivity contribution is 9.10. The van der Waals surface area contributed by atoms with E-state index in [1.54, 1.807) is 6.07 Å². The summed E-state index contributed by atoms with van der Waals surface area (Å²) in [4.78, 5) is 0.801. The number of rotatable bonds is 6. The molecule has 1 heterocycles. The minimum Gasteiger partial charge on any atom is -0.492 e. The minimum absolute atomic E-state index is 0.265. The zero-order valence-electron chi connectivity index (χ0n) is 14.2. The minimum atomic E-state index is -0.749. The molecule has 2 aromatic carbocycles. The molecule has 1 aromatic heterocycles. The highest BCUT2D eigenvalue weighted by Gasteiger charge is 2.18. The number of hydrogen-bond donors (Lipinski definition) is 1. The van der Waals surface area contributed by atoms with Crippen LogP contribution in [0.2, 0.25) is 0 Å². The lowest BCUT2D eigenvalue weighted by Crippen LogP contribution is -2.03. The van der Waals surface area contributed by atoms with Gasteiger partial charge in [0, 0.05) is 9.58 Å². The summed E-state index contributed by atoms with van der Waals surface area (Å²) in [7, 11) is 0. The van der Waals surface area contributed by atoms with Crippen molar-refractivity contribution in [3.8, 4) is 5.75 Å². The van der Waals surface area contributed by atoms with Crippen LogP contribution in [0.3, 0.4) is 0 Å². The quantitative estimate of drug-likeness (QED) is 0.467. The Bertz CT molecular complexity index is 891. The maximum atomic E-state index is 13.4. The van der Waals surface area contributed by atoms with Crippen molar-refractivity contribution < 1.29 is 14.2 Å². The molecule has 0 radical (unpaired) electrons. The Morgan fingerprint density at radius 1 is 1.24 bits per heavy atom.